The molecule has 1 atom stereocenters. The molecule has 1 amide bonds. The number of piperidine rings is 1. The van der Waals surface area contributed by atoms with Crippen molar-refractivity contribution < 1.29 is 14.7 Å². The van der Waals surface area contributed by atoms with Crippen molar-refractivity contribution in [2.45, 2.75) is 32.6 Å². The van der Waals surface area contributed by atoms with E-state index in [9.17, 15) is 14.7 Å². The van der Waals surface area contributed by atoms with Crippen LogP contribution in [-0.2, 0) is 0 Å². The molecule has 0 aliphatic carbocycles. The Labute approximate surface area is 183 Å². The minimum atomic E-state index is -0.997. The topological polar surface area (TPSA) is 72.9 Å². The van der Waals surface area contributed by atoms with Crippen molar-refractivity contribution in [3.63, 3.8) is 0 Å². The van der Waals surface area contributed by atoms with E-state index in [1.165, 1.54) is 32.4 Å². The summed E-state index contributed by atoms with van der Waals surface area (Å²) in [6, 6.07) is 12.4. The van der Waals surface area contributed by atoms with Crippen molar-refractivity contribution in [1.29, 1.82) is 0 Å². The molecule has 2 aromatic rings. The van der Waals surface area contributed by atoms with Crippen LogP contribution in [0.25, 0.3) is 0 Å². The number of nitrogens with zero attached hydrogens (tertiary/aromatic N) is 2. The summed E-state index contributed by atoms with van der Waals surface area (Å²) in [5.74, 6) is -0.635. The second-order valence-corrected chi connectivity index (χ2v) is 8.82. The summed E-state index contributed by atoms with van der Waals surface area (Å²) in [7, 11) is 0. The van der Waals surface area contributed by atoms with Gasteiger partial charge in [-0.05, 0) is 81.9 Å². The van der Waals surface area contributed by atoms with E-state index >= 15 is 0 Å². The number of hydrogen-bond donors (Lipinski definition) is 2. The van der Waals surface area contributed by atoms with E-state index in [-0.39, 0.29) is 11.5 Å². The Morgan fingerprint density at radius 2 is 1.71 bits per heavy atom. The van der Waals surface area contributed by atoms with Crippen LogP contribution in [0.1, 0.15) is 52.0 Å². The van der Waals surface area contributed by atoms with Crippen molar-refractivity contribution in [1.82, 2.24) is 4.90 Å². The van der Waals surface area contributed by atoms with Crippen LogP contribution in [0.15, 0.2) is 42.5 Å². The minimum absolute atomic E-state index is 0.175. The van der Waals surface area contributed by atoms with Crippen molar-refractivity contribution >= 4 is 23.3 Å². The van der Waals surface area contributed by atoms with Crippen molar-refractivity contribution in [3.05, 3.63) is 59.2 Å². The SMILES string of the molecule is Cc1ccc(C(=O)Nc2cc(C(=O)O)ccc2N2CCC[C@@H](CN3CCCC3)C2)cc1. The number of likely N-dealkylation sites (tertiary alicyclic amines) is 1. The van der Waals surface area contributed by atoms with Crippen LogP contribution in [0.2, 0.25) is 0 Å². The number of carboxylic acid groups (broad SMARTS) is 1. The fraction of sp³-hybridized carbons (Fsp3) is 0.440. The Morgan fingerprint density at radius 3 is 2.42 bits per heavy atom. The highest BCUT2D eigenvalue weighted by Crippen LogP contribution is 2.32. The number of anilines is 2. The molecule has 0 aromatic heterocycles. The third-order valence-electron chi connectivity index (χ3n) is 6.38. The average molecular weight is 422 g/mol. The molecular weight excluding hydrogens is 390 g/mol. The summed E-state index contributed by atoms with van der Waals surface area (Å²) >= 11 is 0. The van der Waals surface area contributed by atoms with E-state index in [4.69, 9.17) is 0 Å². The molecule has 2 aliphatic rings. The van der Waals surface area contributed by atoms with Gasteiger partial charge < -0.3 is 20.2 Å². The summed E-state index contributed by atoms with van der Waals surface area (Å²) in [4.78, 5) is 29.3. The first-order chi connectivity index (χ1) is 15.0. The number of rotatable bonds is 6. The quantitative estimate of drug-likeness (QED) is 0.729. The molecule has 2 N–H and O–H groups in total. The van der Waals surface area contributed by atoms with Gasteiger partial charge in [-0.15, -0.1) is 0 Å². The number of aryl methyl sites for hydroxylation is 1. The molecule has 31 heavy (non-hydrogen) atoms. The third kappa shape index (κ3) is 5.25. The molecule has 0 bridgehead atoms. The van der Waals surface area contributed by atoms with Crippen LogP contribution in [0, 0.1) is 12.8 Å². The van der Waals surface area contributed by atoms with Crippen LogP contribution in [0.4, 0.5) is 11.4 Å². The zero-order valence-electron chi connectivity index (χ0n) is 18.1. The van der Waals surface area contributed by atoms with E-state index < -0.39 is 5.97 Å². The van der Waals surface area contributed by atoms with Crippen molar-refractivity contribution in [2.24, 2.45) is 5.92 Å². The molecule has 2 fully saturated rings. The number of benzene rings is 2. The highest BCUT2D eigenvalue weighted by molar-refractivity contribution is 6.06. The monoisotopic (exact) mass is 421 g/mol. The third-order valence-corrected chi connectivity index (χ3v) is 6.38. The summed E-state index contributed by atoms with van der Waals surface area (Å²) in [5, 5.41) is 12.4. The van der Waals surface area contributed by atoms with Gasteiger partial charge in [-0.1, -0.05) is 17.7 Å². The largest absolute Gasteiger partial charge is 0.478 e. The molecule has 2 aromatic carbocycles. The lowest BCUT2D eigenvalue weighted by molar-refractivity contribution is 0.0696. The molecule has 0 unspecified atom stereocenters. The van der Waals surface area contributed by atoms with Gasteiger partial charge in [0, 0.05) is 25.2 Å². The smallest absolute Gasteiger partial charge is 0.335 e. The normalized spacial score (nSPS) is 19.4. The number of carbonyl (C=O) groups is 2. The van der Waals surface area contributed by atoms with Gasteiger partial charge in [-0.3, -0.25) is 4.79 Å². The lowest BCUT2D eigenvalue weighted by atomic mass is 9.96. The second-order valence-electron chi connectivity index (χ2n) is 8.82. The number of hydrogen-bond acceptors (Lipinski definition) is 4. The molecule has 2 saturated heterocycles. The van der Waals surface area contributed by atoms with E-state index in [0.29, 0.717) is 17.2 Å². The second kappa shape index (κ2) is 9.52. The van der Waals surface area contributed by atoms with Gasteiger partial charge in [-0.25, -0.2) is 4.79 Å². The molecule has 0 radical (unpaired) electrons. The molecule has 0 saturated carbocycles. The van der Waals surface area contributed by atoms with E-state index in [2.05, 4.69) is 15.1 Å². The molecule has 4 rings (SSSR count). The minimum Gasteiger partial charge on any atom is -0.478 e. The standard InChI is InChI=1S/C25H31N3O3/c1-18-6-8-20(9-7-18)24(29)26-22-15-21(25(30)31)10-11-23(22)28-14-4-5-19(17-28)16-27-12-2-3-13-27/h6-11,15,19H,2-5,12-14,16-17H2,1H3,(H,26,29)(H,30,31)/t19-/m0/s1. The van der Waals surface area contributed by atoms with Crippen molar-refractivity contribution in [2.75, 3.05) is 42.9 Å². The molecule has 0 spiro atoms. The number of carboxylic acids is 1. The Kier molecular flexibility index (Phi) is 6.56. The lowest BCUT2D eigenvalue weighted by Gasteiger charge is -2.37. The molecule has 164 valence electrons. The molecule has 6 heteroatoms. The van der Waals surface area contributed by atoms with Crippen molar-refractivity contribution in [3.8, 4) is 0 Å². The number of carbonyl (C=O) groups excluding carboxylic acids is 1. The summed E-state index contributed by atoms with van der Waals surface area (Å²) in [6.45, 7) is 7.33. The van der Waals surface area contributed by atoms with Gasteiger partial charge in [0.25, 0.3) is 5.91 Å². The van der Waals surface area contributed by atoms with Crippen LogP contribution < -0.4 is 10.2 Å². The zero-order chi connectivity index (χ0) is 21.8. The van der Waals surface area contributed by atoms with Crippen LogP contribution in [0.3, 0.4) is 0 Å². The van der Waals surface area contributed by atoms with E-state index in [0.717, 1.165) is 37.3 Å². The maximum Gasteiger partial charge on any atom is 0.335 e. The van der Waals surface area contributed by atoms with Crippen LogP contribution in [0.5, 0.6) is 0 Å². The first kappa shape index (κ1) is 21.4. The van der Waals surface area contributed by atoms with Gasteiger partial charge in [-0.2, -0.15) is 0 Å². The maximum atomic E-state index is 12.9. The van der Waals surface area contributed by atoms with E-state index in [1.807, 2.05) is 25.1 Å². The predicted octanol–water partition coefficient (Wildman–Crippen LogP) is 4.26. The first-order valence-electron chi connectivity index (χ1n) is 11.2. The van der Waals surface area contributed by atoms with Crippen LogP contribution >= 0.6 is 0 Å². The Morgan fingerprint density at radius 1 is 1.00 bits per heavy atom. The van der Waals surface area contributed by atoms with Gasteiger partial charge in [0.15, 0.2) is 0 Å². The lowest BCUT2D eigenvalue weighted by Crippen LogP contribution is -2.40. The predicted molar refractivity (Wildman–Crippen MR) is 123 cm³/mol. The highest BCUT2D eigenvalue weighted by Gasteiger charge is 2.25. The Bertz CT molecular complexity index is 936. The average Bonchev–Trinajstić information content (AvgIpc) is 3.27. The highest BCUT2D eigenvalue weighted by atomic mass is 16.4. The van der Waals surface area contributed by atoms with Crippen LogP contribution in [-0.4, -0.2) is 54.6 Å². The number of aromatic carboxylic acids is 1. The summed E-state index contributed by atoms with van der Waals surface area (Å²) < 4.78 is 0. The summed E-state index contributed by atoms with van der Waals surface area (Å²) in [6.07, 6.45) is 4.90. The molecular formula is C25H31N3O3. The molecule has 6 nitrogen and oxygen atoms in total. The van der Waals surface area contributed by atoms with Gasteiger partial charge in [0.05, 0.1) is 16.9 Å². The Hall–Kier alpha value is -2.86. The maximum absolute atomic E-state index is 12.9. The molecule has 2 aliphatic heterocycles. The Balaban J connectivity index is 1.55. The van der Waals surface area contributed by atoms with Gasteiger partial charge in [0.2, 0.25) is 0 Å². The van der Waals surface area contributed by atoms with Gasteiger partial charge in [0.1, 0.15) is 0 Å². The van der Waals surface area contributed by atoms with Gasteiger partial charge >= 0.3 is 5.97 Å². The van der Waals surface area contributed by atoms with E-state index in [1.54, 1.807) is 24.3 Å². The first-order valence-corrected chi connectivity index (χ1v) is 11.2. The fourth-order valence-electron chi connectivity index (χ4n) is 4.71. The number of amides is 1. The zero-order valence-corrected chi connectivity index (χ0v) is 18.1. The fourth-order valence-corrected chi connectivity index (χ4v) is 4.71. The molecule has 2 heterocycles. The number of nitrogens with one attached hydrogen (secondary N) is 1. The summed E-state index contributed by atoms with van der Waals surface area (Å²) in [5.41, 5.74) is 3.28.